The Morgan fingerprint density at radius 2 is 2.05 bits per heavy atom. The van der Waals surface area contributed by atoms with Crippen LogP contribution in [-0.2, 0) is 24.3 Å². The zero-order valence-electron chi connectivity index (χ0n) is 11.8. The van der Waals surface area contributed by atoms with Crippen molar-refractivity contribution in [2.24, 2.45) is 0 Å². The highest BCUT2D eigenvalue weighted by Gasteiger charge is 2.26. The number of aliphatic carboxylic acids is 1. The summed E-state index contributed by atoms with van der Waals surface area (Å²) >= 11 is 0. The molecule has 1 fully saturated rings. The summed E-state index contributed by atoms with van der Waals surface area (Å²) in [6.45, 7) is 1.69. The molecule has 1 aliphatic carbocycles. The lowest BCUT2D eigenvalue weighted by molar-refractivity contribution is -0.139. The number of nitrogens with zero attached hydrogens (tertiary/aromatic N) is 4. The molecule has 0 bridgehead atoms. The van der Waals surface area contributed by atoms with Crippen LogP contribution in [0.2, 0.25) is 0 Å². The largest absolute Gasteiger partial charge is 0.480 e. The maximum Gasteiger partial charge on any atom is 0.317 e. The van der Waals surface area contributed by atoms with Gasteiger partial charge in [0.15, 0.2) is 0 Å². The maximum absolute atomic E-state index is 11.1. The quantitative estimate of drug-likeness (QED) is 0.882. The highest BCUT2D eigenvalue weighted by Crippen LogP contribution is 2.25. The van der Waals surface area contributed by atoms with E-state index < -0.39 is 5.97 Å². The second-order valence-electron chi connectivity index (χ2n) is 5.88. The van der Waals surface area contributed by atoms with E-state index in [4.69, 9.17) is 5.11 Å². The molecule has 0 unspecified atom stereocenters. The van der Waals surface area contributed by atoms with Crippen molar-refractivity contribution in [1.82, 2.24) is 19.7 Å². The van der Waals surface area contributed by atoms with E-state index in [-0.39, 0.29) is 6.54 Å². The first-order chi connectivity index (χ1) is 9.74. The fraction of sp³-hybridized carbons (Fsp3) is 0.786. The van der Waals surface area contributed by atoms with E-state index in [2.05, 4.69) is 19.7 Å². The van der Waals surface area contributed by atoms with Crippen molar-refractivity contribution in [2.75, 3.05) is 6.54 Å². The summed E-state index contributed by atoms with van der Waals surface area (Å²) in [5.74, 6) is 1.25. The summed E-state index contributed by atoms with van der Waals surface area (Å²) in [4.78, 5) is 13.2. The van der Waals surface area contributed by atoms with Gasteiger partial charge in [-0.3, -0.25) is 9.69 Å². The second-order valence-corrected chi connectivity index (χ2v) is 5.88. The zero-order chi connectivity index (χ0) is 13.9. The van der Waals surface area contributed by atoms with Crippen LogP contribution in [0.25, 0.3) is 0 Å². The Morgan fingerprint density at radius 1 is 1.25 bits per heavy atom. The lowest BCUT2D eigenvalue weighted by Gasteiger charge is -2.27. The molecule has 0 saturated heterocycles. The molecule has 1 saturated carbocycles. The van der Waals surface area contributed by atoms with Gasteiger partial charge in [0.1, 0.15) is 11.6 Å². The van der Waals surface area contributed by atoms with Crippen LogP contribution in [0, 0.1) is 0 Å². The van der Waals surface area contributed by atoms with Crippen LogP contribution >= 0.6 is 0 Å². The fourth-order valence-electron chi connectivity index (χ4n) is 3.42. The van der Waals surface area contributed by atoms with Crippen LogP contribution in [0.3, 0.4) is 0 Å². The van der Waals surface area contributed by atoms with E-state index in [0.29, 0.717) is 12.6 Å². The van der Waals surface area contributed by atoms with Gasteiger partial charge in [-0.1, -0.05) is 12.8 Å². The Morgan fingerprint density at radius 3 is 2.80 bits per heavy atom. The van der Waals surface area contributed by atoms with Gasteiger partial charge in [0.2, 0.25) is 0 Å². The molecule has 2 heterocycles. The van der Waals surface area contributed by atoms with E-state index in [1.54, 1.807) is 0 Å². The molecule has 0 spiro atoms. The van der Waals surface area contributed by atoms with Crippen molar-refractivity contribution in [3.8, 4) is 0 Å². The molecule has 1 N–H and O–H groups in total. The summed E-state index contributed by atoms with van der Waals surface area (Å²) in [5.41, 5.74) is 0. The van der Waals surface area contributed by atoms with Gasteiger partial charge in [-0.05, 0) is 25.7 Å². The van der Waals surface area contributed by atoms with E-state index >= 15 is 0 Å². The number of hydrogen-bond donors (Lipinski definition) is 1. The molecule has 2 aliphatic rings. The van der Waals surface area contributed by atoms with Crippen LogP contribution in [-0.4, -0.2) is 43.3 Å². The smallest absolute Gasteiger partial charge is 0.317 e. The van der Waals surface area contributed by atoms with Gasteiger partial charge in [-0.15, -0.1) is 10.2 Å². The van der Waals surface area contributed by atoms with Crippen LogP contribution in [0.15, 0.2) is 0 Å². The van der Waals surface area contributed by atoms with Crippen molar-refractivity contribution in [2.45, 2.75) is 64.1 Å². The Kier molecular flexibility index (Phi) is 4.00. The van der Waals surface area contributed by atoms with Gasteiger partial charge in [0, 0.05) is 19.0 Å². The molecule has 6 heteroatoms. The van der Waals surface area contributed by atoms with Crippen LogP contribution < -0.4 is 0 Å². The molecule has 3 rings (SSSR count). The Labute approximate surface area is 118 Å². The normalized spacial score (nSPS) is 19.4. The SMILES string of the molecule is O=C(O)CN(Cc1nnc2n1CCCC2)C1CCCC1. The van der Waals surface area contributed by atoms with E-state index in [9.17, 15) is 4.79 Å². The number of carboxylic acids is 1. The van der Waals surface area contributed by atoms with Gasteiger partial charge in [-0.2, -0.15) is 0 Å². The lowest BCUT2D eigenvalue weighted by atomic mass is 10.1. The third-order valence-electron chi connectivity index (χ3n) is 4.46. The maximum atomic E-state index is 11.1. The average molecular weight is 278 g/mol. The van der Waals surface area contributed by atoms with Crippen LogP contribution in [0.5, 0.6) is 0 Å². The molecule has 1 aromatic rings. The first-order valence-corrected chi connectivity index (χ1v) is 7.61. The third-order valence-corrected chi connectivity index (χ3v) is 4.46. The minimum atomic E-state index is -0.754. The van der Waals surface area contributed by atoms with Gasteiger partial charge >= 0.3 is 5.97 Å². The van der Waals surface area contributed by atoms with Crippen molar-refractivity contribution in [1.29, 1.82) is 0 Å². The number of aromatic nitrogens is 3. The van der Waals surface area contributed by atoms with Gasteiger partial charge in [0.05, 0.1) is 13.1 Å². The van der Waals surface area contributed by atoms with Gasteiger partial charge in [-0.25, -0.2) is 0 Å². The molecule has 0 radical (unpaired) electrons. The number of rotatable bonds is 5. The zero-order valence-corrected chi connectivity index (χ0v) is 11.8. The summed E-state index contributed by atoms with van der Waals surface area (Å²) in [7, 11) is 0. The fourth-order valence-corrected chi connectivity index (χ4v) is 3.42. The second kappa shape index (κ2) is 5.91. The molecule has 0 aromatic carbocycles. The summed E-state index contributed by atoms with van der Waals surface area (Å²) in [6, 6.07) is 0.391. The van der Waals surface area contributed by atoms with Crippen LogP contribution in [0.1, 0.15) is 50.2 Å². The van der Waals surface area contributed by atoms with Crippen molar-refractivity contribution >= 4 is 5.97 Å². The van der Waals surface area contributed by atoms with Crippen molar-refractivity contribution in [3.63, 3.8) is 0 Å². The molecular weight excluding hydrogens is 256 g/mol. The predicted octanol–water partition coefficient (Wildman–Crippen LogP) is 1.44. The third kappa shape index (κ3) is 2.85. The molecule has 1 aromatic heterocycles. The molecule has 1 aliphatic heterocycles. The molecule has 0 amide bonds. The molecular formula is C14H22N4O2. The lowest BCUT2D eigenvalue weighted by Crippen LogP contribution is -2.38. The molecule has 0 atom stereocenters. The minimum Gasteiger partial charge on any atom is -0.480 e. The molecule has 6 nitrogen and oxygen atoms in total. The van der Waals surface area contributed by atoms with E-state index in [1.165, 1.54) is 25.7 Å². The van der Waals surface area contributed by atoms with Crippen LogP contribution in [0.4, 0.5) is 0 Å². The van der Waals surface area contributed by atoms with Crippen molar-refractivity contribution < 1.29 is 9.90 Å². The summed E-state index contributed by atoms with van der Waals surface area (Å²) in [6.07, 6.45) is 7.97. The average Bonchev–Trinajstić information content (AvgIpc) is 3.07. The Bertz CT molecular complexity index is 480. The van der Waals surface area contributed by atoms with Crippen molar-refractivity contribution in [3.05, 3.63) is 11.6 Å². The minimum absolute atomic E-state index is 0.104. The number of carbonyl (C=O) groups is 1. The molecule has 110 valence electrons. The first kappa shape index (κ1) is 13.5. The Balaban J connectivity index is 1.74. The topological polar surface area (TPSA) is 71.2 Å². The van der Waals surface area contributed by atoms with E-state index in [0.717, 1.165) is 37.5 Å². The number of aryl methyl sites for hydroxylation is 1. The van der Waals surface area contributed by atoms with E-state index in [1.807, 2.05) is 0 Å². The standard InChI is InChI=1S/C14H22N4O2/c19-14(20)10-17(11-5-1-2-6-11)9-13-16-15-12-7-3-4-8-18(12)13/h11H,1-10H2,(H,19,20). The highest BCUT2D eigenvalue weighted by atomic mass is 16.4. The predicted molar refractivity (Wildman–Crippen MR) is 73.3 cm³/mol. The van der Waals surface area contributed by atoms with Gasteiger partial charge in [0.25, 0.3) is 0 Å². The first-order valence-electron chi connectivity index (χ1n) is 7.61. The number of fused-ring (bicyclic) bond motifs is 1. The van der Waals surface area contributed by atoms with Gasteiger partial charge < -0.3 is 9.67 Å². The highest BCUT2D eigenvalue weighted by molar-refractivity contribution is 5.69. The Hall–Kier alpha value is -1.43. The summed E-state index contributed by atoms with van der Waals surface area (Å²) in [5, 5.41) is 17.7. The number of hydrogen-bond acceptors (Lipinski definition) is 4. The molecule has 20 heavy (non-hydrogen) atoms. The summed E-state index contributed by atoms with van der Waals surface area (Å²) < 4.78 is 2.19. The monoisotopic (exact) mass is 278 g/mol. The number of carboxylic acid groups (broad SMARTS) is 1.